The predicted molar refractivity (Wildman–Crippen MR) is 106 cm³/mol. The smallest absolute Gasteiger partial charge is 0.292 e. The Balaban J connectivity index is 1.68. The van der Waals surface area contributed by atoms with Gasteiger partial charge in [0.15, 0.2) is 6.10 Å². The number of likely N-dealkylation sites (N-methyl/N-ethyl adjacent to an activating group) is 1. The van der Waals surface area contributed by atoms with Gasteiger partial charge in [0.25, 0.3) is 5.91 Å². The summed E-state index contributed by atoms with van der Waals surface area (Å²) in [7, 11) is 1.50. The van der Waals surface area contributed by atoms with E-state index in [1.54, 1.807) is 0 Å². The molecule has 1 heterocycles. The van der Waals surface area contributed by atoms with E-state index in [4.69, 9.17) is 15.2 Å². The minimum atomic E-state index is -1.52. The van der Waals surface area contributed by atoms with E-state index in [9.17, 15) is 14.7 Å². The van der Waals surface area contributed by atoms with Gasteiger partial charge in [-0.1, -0.05) is 60.7 Å². The highest BCUT2D eigenvalue weighted by Gasteiger charge is 2.35. The van der Waals surface area contributed by atoms with Crippen LogP contribution in [-0.2, 0) is 31.9 Å². The first kappa shape index (κ1) is 20.4. The van der Waals surface area contributed by atoms with Crippen molar-refractivity contribution < 1.29 is 24.2 Å². The van der Waals surface area contributed by atoms with Crippen molar-refractivity contribution in [2.75, 3.05) is 7.05 Å². The number of nitrogens with zero attached hydrogens (tertiary/aromatic N) is 1. The normalized spacial score (nSPS) is 17.4. The molecule has 7 nitrogen and oxygen atoms in total. The van der Waals surface area contributed by atoms with Crippen LogP contribution in [0.2, 0.25) is 0 Å². The highest BCUT2D eigenvalue weighted by molar-refractivity contribution is 5.92. The lowest BCUT2D eigenvalue weighted by Gasteiger charge is -2.30. The molecule has 2 aromatic rings. The fourth-order valence-corrected chi connectivity index (χ4v) is 3.16. The molecular formula is C22H24N2O5. The number of rotatable bonds is 8. The van der Waals surface area contributed by atoms with Crippen LogP contribution in [0.15, 0.2) is 72.7 Å². The van der Waals surface area contributed by atoms with Gasteiger partial charge in [0, 0.05) is 13.5 Å². The Bertz CT molecular complexity index is 869. The highest BCUT2D eigenvalue weighted by Crippen LogP contribution is 2.22. The van der Waals surface area contributed by atoms with Crippen molar-refractivity contribution in [3.63, 3.8) is 0 Å². The van der Waals surface area contributed by atoms with Gasteiger partial charge in [0.1, 0.15) is 6.26 Å². The number of nitrogens with two attached hydrogens (primary N) is 1. The topological polar surface area (TPSA) is 102 Å². The summed E-state index contributed by atoms with van der Waals surface area (Å²) < 4.78 is 11.1. The predicted octanol–water partition coefficient (Wildman–Crippen LogP) is 1.36. The number of benzene rings is 2. The summed E-state index contributed by atoms with van der Waals surface area (Å²) in [6, 6.07) is 18.0. The van der Waals surface area contributed by atoms with E-state index >= 15 is 0 Å². The van der Waals surface area contributed by atoms with Crippen LogP contribution < -0.4 is 5.73 Å². The van der Waals surface area contributed by atoms with Crippen LogP contribution in [0.3, 0.4) is 0 Å². The molecule has 0 fully saturated rings. The van der Waals surface area contributed by atoms with E-state index in [2.05, 4.69) is 0 Å². The first-order valence-corrected chi connectivity index (χ1v) is 9.30. The first-order valence-electron chi connectivity index (χ1n) is 9.30. The lowest BCUT2D eigenvalue weighted by atomic mass is 9.99. The third kappa shape index (κ3) is 5.14. The number of aliphatic hydroxyl groups is 1. The van der Waals surface area contributed by atoms with Crippen molar-refractivity contribution in [3.8, 4) is 0 Å². The Labute approximate surface area is 169 Å². The van der Waals surface area contributed by atoms with Gasteiger partial charge in [-0.05, 0) is 17.5 Å². The molecule has 0 bridgehead atoms. The lowest BCUT2D eigenvalue weighted by molar-refractivity contribution is -0.139. The largest absolute Gasteiger partial charge is 0.458 e. The Morgan fingerprint density at radius 1 is 1.07 bits per heavy atom. The standard InChI is InChI=1S/C22H24N2O5/c1-24(17(20(25)21(23)26)12-15-8-4-2-5-9-15)22(27)18-14-28-19(29-18)13-16-10-6-3-7-11-16/h2-11,14,17,19-20,25H,12-13H2,1H3,(H2,23,26)/t17-,19?,20+/m0/s1. The van der Waals surface area contributed by atoms with Gasteiger partial charge in [-0.25, -0.2) is 0 Å². The Morgan fingerprint density at radius 3 is 2.24 bits per heavy atom. The van der Waals surface area contributed by atoms with Gasteiger partial charge >= 0.3 is 0 Å². The Morgan fingerprint density at radius 2 is 1.66 bits per heavy atom. The summed E-state index contributed by atoms with van der Waals surface area (Å²) >= 11 is 0. The van der Waals surface area contributed by atoms with E-state index in [0.717, 1.165) is 11.1 Å². The second-order valence-electron chi connectivity index (χ2n) is 6.88. The van der Waals surface area contributed by atoms with Gasteiger partial charge in [-0.15, -0.1) is 0 Å². The molecule has 1 aliphatic heterocycles. The quantitative estimate of drug-likeness (QED) is 0.702. The molecule has 1 aliphatic rings. The van der Waals surface area contributed by atoms with Crippen LogP contribution in [0.25, 0.3) is 0 Å². The third-order valence-electron chi connectivity index (χ3n) is 4.80. The Hall–Kier alpha value is -3.32. The van der Waals surface area contributed by atoms with Gasteiger partial charge in [0.2, 0.25) is 18.0 Å². The number of aliphatic hydroxyl groups excluding tert-OH is 1. The molecule has 2 amide bonds. The minimum absolute atomic E-state index is 0.0168. The zero-order valence-corrected chi connectivity index (χ0v) is 16.1. The molecule has 7 heteroatoms. The first-order chi connectivity index (χ1) is 14.0. The summed E-state index contributed by atoms with van der Waals surface area (Å²) in [5, 5.41) is 10.3. The summed E-state index contributed by atoms with van der Waals surface area (Å²) in [5.41, 5.74) is 7.16. The number of hydrogen-bond donors (Lipinski definition) is 2. The van der Waals surface area contributed by atoms with Crippen molar-refractivity contribution in [2.45, 2.75) is 31.3 Å². The van der Waals surface area contributed by atoms with Crippen molar-refractivity contribution in [3.05, 3.63) is 83.8 Å². The number of amides is 2. The van der Waals surface area contributed by atoms with Crippen LogP contribution in [0, 0.1) is 0 Å². The van der Waals surface area contributed by atoms with Crippen LogP contribution in [0.1, 0.15) is 11.1 Å². The number of ether oxygens (including phenoxy) is 2. The average Bonchev–Trinajstić information content (AvgIpc) is 3.20. The maximum absolute atomic E-state index is 12.9. The monoisotopic (exact) mass is 396 g/mol. The molecule has 0 aromatic heterocycles. The third-order valence-corrected chi connectivity index (χ3v) is 4.80. The highest BCUT2D eigenvalue weighted by atomic mass is 16.7. The maximum Gasteiger partial charge on any atom is 0.292 e. The van der Waals surface area contributed by atoms with E-state index in [-0.39, 0.29) is 12.2 Å². The molecule has 3 atom stereocenters. The van der Waals surface area contributed by atoms with E-state index < -0.39 is 30.3 Å². The van der Waals surface area contributed by atoms with Gasteiger partial charge in [0.05, 0.1) is 6.04 Å². The summed E-state index contributed by atoms with van der Waals surface area (Å²) in [4.78, 5) is 25.8. The Kier molecular flexibility index (Phi) is 6.51. The summed E-state index contributed by atoms with van der Waals surface area (Å²) in [6.07, 6.45) is -0.127. The van der Waals surface area contributed by atoms with Crippen LogP contribution in [0.4, 0.5) is 0 Å². The number of carbonyl (C=O) groups excluding carboxylic acids is 2. The van der Waals surface area contributed by atoms with Crippen LogP contribution >= 0.6 is 0 Å². The van der Waals surface area contributed by atoms with Gasteiger partial charge in [-0.2, -0.15) is 0 Å². The zero-order valence-electron chi connectivity index (χ0n) is 16.1. The SMILES string of the molecule is CN(C(=O)C1=COC(Cc2ccccc2)O1)[C@@H](Cc1ccccc1)[C@@H](O)C(N)=O. The van der Waals surface area contributed by atoms with Crippen molar-refractivity contribution in [1.29, 1.82) is 0 Å². The maximum atomic E-state index is 12.9. The molecule has 0 aliphatic carbocycles. The van der Waals surface area contributed by atoms with E-state index in [1.807, 2.05) is 60.7 Å². The zero-order chi connectivity index (χ0) is 20.8. The second-order valence-corrected chi connectivity index (χ2v) is 6.88. The fourth-order valence-electron chi connectivity index (χ4n) is 3.16. The average molecular weight is 396 g/mol. The second kappa shape index (κ2) is 9.25. The van der Waals surface area contributed by atoms with Crippen LogP contribution in [-0.4, -0.2) is 47.3 Å². The lowest BCUT2D eigenvalue weighted by Crippen LogP contribution is -2.51. The fraction of sp³-hybridized carbons (Fsp3) is 0.273. The summed E-state index contributed by atoms with van der Waals surface area (Å²) in [6.45, 7) is 0. The molecule has 0 spiro atoms. The number of primary amides is 1. The van der Waals surface area contributed by atoms with E-state index in [0.29, 0.717) is 6.42 Å². The molecule has 0 radical (unpaired) electrons. The summed E-state index contributed by atoms with van der Waals surface area (Å²) in [5.74, 6) is -1.38. The van der Waals surface area contributed by atoms with Gasteiger partial charge < -0.3 is 25.2 Å². The van der Waals surface area contributed by atoms with Gasteiger partial charge in [-0.3, -0.25) is 9.59 Å². The molecule has 3 N–H and O–H groups in total. The molecule has 2 aromatic carbocycles. The van der Waals surface area contributed by atoms with Crippen molar-refractivity contribution >= 4 is 11.8 Å². The molecule has 29 heavy (non-hydrogen) atoms. The molecule has 0 saturated carbocycles. The molecule has 152 valence electrons. The van der Waals surface area contributed by atoms with Crippen molar-refractivity contribution in [1.82, 2.24) is 4.90 Å². The molecule has 0 saturated heterocycles. The van der Waals surface area contributed by atoms with Crippen LogP contribution in [0.5, 0.6) is 0 Å². The number of carbonyl (C=O) groups is 2. The molecule has 3 rings (SSSR count). The minimum Gasteiger partial charge on any atom is -0.458 e. The van der Waals surface area contributed by atoms with E-state index in [1.165, 1.54) is 18.2 Å². The van der Waals surface area contributed by atoms with Crippen molar-refractivity contribution in [2.24, 2.45) is 5.73 Å². The molecule has 1 unspecified atom stereocenters. The molecular weight excluding hydrogens is 372 g/mol. The number of hydrogen-bond acceptors (Lipinski definition) is 5.